The maximum Gasteiger partial charge on any atom is 0.228 e. The van der Waals surface area contributed by atoms with Crippen molar-refractivity contribution in [1.29, 1.82) is 0 Å². The summed E-state index contributed by atoms with van der Waals surface area (Å²) in [4.78, 5) is 17.6. The first-order valence-corrected chi connectivity index (χ1v) is 10.3. The molecule has 4 heteroatoms. The summed E-state index contributed by atoms with van der Waals surface area (Å²) in [5.41, 5.74) is 3.43. The molecule has 3 unspecified atom stereocenters. The van der Waals surface area contributed by atoms with Crippen LogP contribution in [-0.4, -0.2) is 22.6 Å². The van der Waals surface area contributed by atoms with Crippen molar-refractivity contribution in [2.75, 3.05) is 11.1 Å². The Kier molecular flexibility index (Phi) is 4.34. The van der Waals surface area contributed by atoms with Gasteiger partial charge in [-0.1, -0.05) is 45.1 Å². The summed E-state index contributed by atoms with van der Waals surface area (Å²) < 4.78 is 0.00159. The van der Waals surface area contributed by atoms with Gasteiger partial charge >= 0.3 is 0 Å². The molecule has 1 saturated heterocycles. The first kappa shape index (κ1) is 17.6. The molecule has 136 valence electrons. The monoisotopic (exact) mass is 366 g/mol. The van der Waals surface area contributed by atoms with Gasteiger partial charge in [-0.3, -0.25) is 9.79 Å². The predicted octanol–water partition coefficient (Wildman–Crippen LogP) is 4.96. The maximum atomic E-state index is 13.0. The average molecular weight is 367 g/mol. The Balaban J connectivity index is 1.50. The van der Waals surface area contributed by atoms with Crippen molar-refractivity contribution in [2.24, 2.45) is 16.8 Å². The second kappa shape index (κ2) is 6.41. The lowest BCUT2D eigenvalue weighted by molar-refractivity contribution is -0.120. The first-order chi connectivity index (χ1) is 12.4. The van der Waals surface area contributed by atoms with E-state index < -0.39 is 0 Å². The Labute approximate surface area is 160 Å². The fraction of sp³-hybridized carbons (Fsp3) is 0.455. The summed E-state index contributed by atoms with van der Waals surface area (Å²) in [6.07, 6.45) is 10.3. The molecular weight excluding hydrogens is 340 g/mol. The van der Waals surface area contributed by atoms with Crippen LogP contribution >= 0.6 is 11.8 Å². The van der Waals surface area contributed by atoms with Gasteiger partial charge in [-0.05, 0) is 47.9 Å². The number of benzene rings is 1. The number of carbonyl (C=O) groups excluding carboxylic acids is 1. The van der Waals surface area contributed by atoms with Crippen LogP contribution in [0.5, 0.6) is 0 Å². The highest BCUT2D eigenvalue weighted by Gasteiger charge is 2.54. The quantitative estimate of drug-likeness (QED) is 0.804. The molecule has 4 rings (SSSR count). The van der Waals surface area contributed by atoms with Gasteiger partial charge in [0.1, 0.15) is 0 Å². The minimum Gasteiger partial charge on any atom is -0.326 e. The minimum absolute atomic E-state index is 0.00159. The highest BCUT2D eigenvalue weighted by atomic mass is 32.2. The van der Waals surface area contributed by atoms with Crippen molar-refractivity contribution in [3.8, 4) is 0 Å². The predicted molar refractivity (Wildman–Crippen MR) is 111 cm³/mol. The van der Waals surface area contributed by atoms with E-state index in [1.54, 1.807) is 0 Å². The zero-order chi connectivity index (χ0) is 18.4. The van der Waals surface area contributed by atoms with E-state index in [0.717, 1.165) is 30.0 Å². The number of aliphatic imine (C=N–C) groups is 1. The van der Waals surface area contributed by atoms with Crippen LogP contribution in [0.3, 0.4) is 0 Å². The van der Waals surface area contributed by atoms with Crippen LogP contribution in [-0.2, 0) is 10.2 Å². The summed E-state index contributed by atoms with van der Waals surface area (Å²) in [5, 5.41) is 3.15. The molecule has 1 aromatic carbocycles. The van der Waals surface area contributed by atoms with Gasteiger partial charge < -0.3 is 5.32 Å². The Morgan fingerprint density at radius 2 is 2.04 bits per heavy atom. The Bertz CT molecular complexity index is 800. The van der Waals surface area contributed by atoms with E-state index in [1.165, 1.54) is 5.56 Å². The molecule has 0 radical (unpaired) electrons. The van der Waals surface area contributed by atoms with E-state index in [4.69, 9.17) is 0 Å². The van der Waals surface area contributed by atoms with Gasteiger partial charge in [0.05, 0.1) is 16.4 Å². The number of anilines is 1. The lowest BCUT2D eigenvalue weighted by Gasteiger charge is -2.39. The van der Waals surface area contributed by atoms with Crippen molar-refractivity contribution in [2.45, 2.75) is 43.8 Å². The van der Waals surface area contributed by atoms with E-state index >= 15 is 0 Å². The molecule has 0 aromatic heterocycles. The van der Waals surface area contributed by atoms with Crippen molar-refractivity contribution in [3.05, 3.63) is 53.8 Å². The fourth-order valence-corrected chi connectivity index (χ4v) is 6.05. The largest absolute Gasteiger partial charge is 0.326 e. The van der Waals surface area contributed by atoms with Gasteiger partial charge in [-0.25, -0.2) is 0 Å². The van der Waals surface area contributed by atoms with Crippen LogP contribution in [0.2, 0.25) is 0 Å². The SMILES string of the molecule is CC(C)(C)c1ccc(NC(=O)C2CSC34CC=CC=C3N=CCC24)cc1. The summed E-state index contributed by atoms with van der Waals surface area (Å²) >= 11 is 1.92. The van der Waals surface area contributed by atoms with Gasteiger partial charge in [-0.2, -0.15) is 0 Å². The number of allylic oxidation sites excluding steroid dienone is 3. The van der Waals surface area contributed by atoms with E-state index in [1.807, 2.05) is 30.1 Å². The topological polar surface area (TPSA) is 41.5 Å². The second-order valence-corrected chi connectivity index (χ2v) is 9.81. The van der Waals surface area contributed by atoms with Gasteiger partial charge in [0.25, 0.3) is 0 Å². The number of thioether (sulfide) groups is 1. The average Bonchev–Trinajstić information content (AvgIpc) is 2.99. The smallest absolute Gasteiger partial charge is 0.228 e. The van der Waals surface area contributed by atoms with Crippen LogP contribution in [0.15, 0.2) is 53.2 Å². The lowest BCUT2D eigenvalue weighted by atomic mass is 9.73. The maximum absolute atomic E-state index is 13.0. The third-order valence-corrected chi connectivity index (χ3v) is 7.51. The molecule has 3 atom stereocenters. The summed E-state index contributed by atoms with van der Waals surface area (Å²) in [7, 11) is 0. The first-order valence-electron chi connectivity index (χ1n) is 9.35. The lowest BCUT2D eigenvalue weighted by Crippen LogP contribution is -2.41. The zero-order valence-electron chi connectivity index (χ0n) is 15.7. The zero-order valence-corrected chi connectivity index (χ0v) is 16.5. The van der Waals surface area contributed by atoms with Crippen LogP contribution in [0.1, 0.15) is 39.2 Å². The number of nitrogens with zero attached hydrogens (tertiary/aromatic N) is 1. The number of amides is 1. The third kappa shape index (κ3) is 2.94. The van der Waals surface area contributed by atoms with E-state index in [0.29, 0.717) is 5.92 Å². The molecule has 26 heavy (non-hydrogen) atoms. The molecule has 2 heterocycles. The normalized spacial score (nSPS) is 29.7. The minimum atomic E-state index is 0.00159. The third-order valence-electron chi connectivity index (χ3n) is 5.79. The Hall–Kier alpha value is -1.81. The van der Waals surface area contributed by atoms with E-state index in [-0.39, 0.29) is 22.0 Å². The van der Waals surface area contributed by atoms with Crippen LogP contribution in [0.25, 0.3) is 0 Å². The van der Waals surface area contributed by atoms with Gasteiger partial charge in [-0.15, -0.1) is 11.8 Å². The number of nitrogens with one attached hydrogen (secondary N) is 1. The Morgan fingerprint density at radius 1 is 1.27 bits per heavy atom. The van der Waals surface area contributed by atoms with Crippen molar-refractivity contribution >= 4 is 29.6 Å². The highest BCUT2D eigenvalue weighted by molar-refractivity contribution is 8.01. The summed E-state index contributed by atoms with van der Waals surface area (Å²) in [6.45, 7) is 6.60. The van der Waals surface area contributed by atoms with Gasteiger partial charge in [0, 0.05) is 17.7 Å². The molecule has 2 aliphatic heterocycles. The molecule has 1 aromatic rings. The standard InChI is InChI=1S/C22H26N2OS/c1-21(2,3)15-7-9-16(10-8-15)24-20(25)17-14-26-22-12-5-4-6-19(22)23-13-11-18(17)22/h4-10,13,17-18H,11-12,14H2,1-3H3,(H,24,25). The molecule has 0 saturated carbocycles. The molecule has 3 nitrogen and oxygen atoms in total. The summed E-state index contributed by atoms with van der Waals surface area (Å²) in [5.74, 6) is 1.37. The van der Waals surface area contributed by atoms with Crippen LogP contribution < -0.4 is 5.32 Å². The van der Waals surface area contributed by atoms with Crippen LogP contribution in [0, 0.1) is 11.8 Å². The van der Waals surface area contributed by atoms with Gasteiger partial charge in [0.15, 0.2) is 0 Å². The summed E-state index contributed by atoms with van der Waals surface area (Å²) in [6, 6.07) is 8.27. The Morgan fingerprint density at radius 3 is 2.77 bits per heavy atom. The van der Waals surface area contributed by atoms with Crippen molar-refractivity contribution in [1.82, 2.24) is 0 Å². The number of hydrogen-bond acceptors (Lipinski definition) is 3. The molecule has 1 amide bonds. The van der Waals surface area contributed by atoms with E-state index in [2.05, 4.69) is 61.4 Å². The van der Waals surface area contributed by atoms with Crippen molar-refractivity contribution < 1.29 is 4.79 Å². The molecule has 1 fully saturated rings. The molecular formula is C22H26N2OS. The number of hydrogen-bond donors (Lipinski definition) is 1. The molecule has 0 bridgehead atoms. The van der Waals surface area contributed by atoms with Crippen molar-refractivity contribution in [3.63, 3.8) is 0 Å². The molecule has 3 aliphatic rings. The number of carbonyl (C=O) groups is 1. The van der Waals surface area contributed by atoms with Crippen LogP contribution in [0.4, 0.5) is 5.69 Å². The number of rotatable bonds is 2. The van der Waals surface area contributed by atoms with Gasteiger partial charge in [0.2, 0.25) is 5.91 Å². The molecule has 1 N–H and O–H groups in total. The molecule has 1 aliphatic carbocycles. The second-order valence-electron chi connectivity index (χ2n) is 8.46. The van der Waals surface area contributed by atoms with E-state index in [9.17, 15) is 4.79 Å². The fourth-order valence-electron chi connectivity index (χ4n) is 4.23. The highest BCUT2D eigenvalue weighted by Crippen LogP contribution is 2.57. The molecule has 1 spiro atoms.